The summed E-state index contributed by atoms with van der Waals surface area (Å²) in [6.45, 7) is 1.74. The molecule has 1 saturated carbocycles. The van der Waals surface area contributed by atoms with Gasteiger partial charge in [0, 0.05) is 32.1 Å². The van der Waals surface area contributed by atoms with Crippen molar-refractivity contribution in [1.29, 1.82) is 0 Å². The minimum Gasteiger partial charge on any atom is -0.338 e. The van der Waals surface area contributed by atoms with E-state index in [0.29, 0.717) is 23.5 Å². The standard InChI is InChI=1S/C22H26N4O3/c27-19(9-14-24-15-23-18-6-2-1-5-17(18)20(24)28)26-13-4-11-22(26)10-3-12-25(21(22)29)16-7-8-16/h1-2,5-6,15-16H,3-4,7-14H2. The van der Waals surface area contributed by atoms with Crippen molar-refractivity contribution in [2.45, 2.75) is 63.1 Å². The molecule has 1 aromatic carbocycles. The molecular weight excluding hydrogens is 368 g/mol. The number of nitrogens with zero attached hydrogens (tertiary/aromatic N) is 4. The number of aromatic nitrogens is 2. The highest BCUT2D eigenvalue weighted by Gasteiger charge is 2.54. The van der Waals surface area contributed by atoms with Gasteiger partial charge in [0.25, 0.3) is 5.56 Å². The summed E-state index contributed by atoms with van der Waals surface area (Å²) < 4.78 is 1.50. The third-order valence-corrected chi connectivity index (χ3v) is 6.72. The van der Waals surface area contributed by atoms with Crippen LogP contribution in [0.1, 0.15) is 44.9 Å². The molecule has 2 saturated heterocycles. The number of carbonyl (C=O) groups is 2. The van der Waals surface area contributed by atoms with Gasteiger partial charge in [-0.05, 0) is 50.7 Å². The smallest absolute Gasteiger partial charge is 0.261 e. The number of likely N-dealkylation sites (tertiary alicyclic amines) is 2. The number of rotatable bonds is 4. The molecule has 3 aliphatic rings. The number of hydrogen-bond donors (Lipinski definition) is 0. The number of piperidine rings is 1. The van der Waals surface area contributed by atoms with Crippen LogP contribution in [0.15, 0.2) is 35.4 Å². The normalized spacial score (nSPS) is 24.6. The van der Waals surface area contributed by atoms with Gasteiger partial charge < -0.3 is 9.80 Å². The highest BCUT2D eigenvalue weighted by atomic mass is 16.2. The first-order chi connectivity index (χ1) is 14.1. The highest BCUT2D eigenvalue weighted by molar-refractivity contribution is 5.93. The molecule has 0 bridgehead atoms. The van der Waals surface area contributed by atoms with E-state index in [4.69, 9.17) is 0 Å². The number of hydrogen-bond acceptors (Lipinski definition) is 4. The fourth-order valence-corrected chi connectivity index (χ4v) is 5.09. The summed E-state index contributed by atoms with van der Waals surface area (Å²) in [6, 6.07) is 7.61. The van der Waals surface area contributed by atoms with Crippen molar-refractivity contribution in [3.8, 4) is 0 Å². The lowest BCUT2D eigenvalue weighted by Crippen LogP contribution is -2.61. The SMILES string of the molecule is O=C(CCn1cnc2ccccc2c1=O)N1CCCC12CCCN(C1CC1)C2=O. The van der Waals surface area contributed by atoms with E-state index >= 15 is 0 Å². The number of aryl methyl sites for hydroxylation is 1. The maximum absolute atomic E-state index is 13.3. The Morgan fingerprint density at radius 2 is 1.86 bits per heavy atom. The Labute approximate surface area is 169 Å². The number of fused-ring (bicyclic) bond motifs is 1. The van der Waals surface area contributed by atoms with Crippen LogP contribution in [0.3, 0.4) is 0 Å². The van der Waals surface area contributed by atoms with Gasteiger partial charge in [0.05, 0.1) is 17.2 Å². The third-order valence-electron chi connectivity index (χ3n) is 6.72. The Bertz CT molecular complexity index is 1030. The van der Waals surface area contributed by atoms with E-state index in [1.54, 1.807) is 12.1 Å². The molecule has 1 aromatic heterocycles. The number of para-hydroxylation sites is 1. The zero-order valence-electron chi connectivity index (χ0n) is 16.5. The average molecular weight is 394 g/mol. The fraction of sp³-hybridized carbons (Fsp3) is 0.545. The predicted octanol–water partition coefficient (Wildman–Crippen LogP) is 1.93. The molecule has 1 spiro atoms. The van der Waals surface area contributed by atoms with Gasteiger partial charge in [-0.1, -0.05) is 12.1 Å². The van der Waals surface area contributed by atoms with Gasteiger partial charge in [-0.15, -0.1) is 0 Å². The minimum atomic E-state index is -0.648. The molecular formula is C22H26N4O3. The van der Waals surface area contributed by atoms with Gasteiger partial charge in [-0.25, -0.2) is 4.98 Å². The van der Waals surface area contributed by atoms with Crippen molar-refractivity contribution < 1.29 is 9.59 Å². The second-order valence-electron chi connectivity index (χ2n) is 8.52. The van der Waals surface area contributed by atoms with Crippen molar-refractivity contribution in [3.05, 3.63) is 40.9 Å². The van der Waals surface area contributed by atoms with E-state index in [9.17, 15) is 14.4 Å². The van der Waals surface area contributed by atoms with Crippen molar-refractivity contribution in [1.82, 2.24) is 19.4 Å². The summed E-state index contributed by atoms with van der Waals surface area (Å²) in [5.41, 5.74) is -0.121. The Hall–Kier alpha value is -2.70. The van der Waals surface area contributed by atoms with E-state index in [1.165, 1.54) is 10.9 Å². The van der Waals surface area contributed by atoms with E-state index in [1.807, 2.05) is 21.9 Å². The van der Waals surface area contributed by atoms with Gasteiger partial charge >= 0.3 is 0 Å². The van der Waals surface area contributed by atoms with E-state index in [-0.39, 0.29) is 30.3 Å². The average Bonchev–Trinajstić information content (AvgIpc) is 3.49. The summed E-state index contributed by atoms with van der Waals surface area (Å²) in [5.74, 6) is 0.121. The van der Waals surface area contributed by atoms with Gasteiger partial charge in [0.2, 0.25) is 11.8 Å². The summed E-state index contributed by atoms with van der Waals surface area (Å²) in [6.07, 6.45) is 7.25. The molecule has 7 nitrogen and oxygen atoms in total. The van der Waals surface area contributed by atoms with Crippen molar-refractivity contribution in [2.75, 3.05) is 13.1 Å². The molecule has 29 heavy (non-hydrogen) atoms. The van der Waals surface area contributed by atoms with Gasteiger partial charge in [-0.2, -0.15) is 0 Å². The van der Waals surface area contributed by atoms with Crippen LogP contribution in [0.2, 0.25) is 0 Å². The maximum Gasteiger partial charge on any atom is 0.261 e. The lowest BCUT2D eigenvalue weighted by atomic mass is 9.85. The quantitative estimate of drug-likeness (QED) is 0.794. The maximum atomic E-state index is 13.3. The Morgan fingerprint density at radius 3 is 2.66 bits per heavy atom. The topological polar surface area (TPSA) is 75.5 Å². The first-order valence-corrected chi connectivity index (χ1v) is 10.7. The Morgan fingerprint density at radius 1 is 1.10 bits per heavy atom. The van der Waals surface area contributed by atoms with Crippen LogP contribution in [0, 0.1) is 0 Å². The highest BCUT2D eigenvalue weighted by Crippen LogP contribution is 2.42. The fourth-order valence-electron chi connectivity index (χ4n) is 5.09. The zero-order chi connectivity index (χ0) is 20.0. The monoisotopic (exact) mass is 394 g/mol. The minimum absolute atomic E-state index is 0.0337. The van der Waals surface area contributed by atoms with Crippen LogP contribution in [-0.2, 0) is 16.1 Å². The first kappa shape index (κ1) is 18.3. The van der Waals surface area contributed by atoms with Crippen LogP contribution >= 0.6 is 0 Å². The number of benzene rings is 1. The predicted molar refractivity (Wildman–Crippen MR) is 108 cm³/mol. The van der Waals surface area contributed by atoms with Gasteiger partial charge in [0.1, 0.15) is 5.54 Å². The third kappa shape index (κ3) is 3.03. The second kappa shape index (κ2) is 6.97. The second-order valence-corrected chi connectivity index (χ2v) is 8.52. The van der Waals surface area contributed by atoms with E-state index in [2.05, 4.69) is 4.98 Å². The zero-order valence-corrected chi connectivity index (χ0v) is 16.5. The van der Waals surface area contributed by atoms with Crippen LogP contribution in [0.4, 0.5) is 0 Å². The first-order valence-electron chi connectivity index (χ1n) is 10.7. The lowest BCUT2D eigenvalue weighted by molar-refractivity contribution is -0.156. The van der Waals surface area contributed by atoms with Crippen LogP contribution in [-0.4, -0.2) is 55.8 Å². The van der Waals surface area contributed by atoms with Crippen LogP contribution in [0.25, 0.3) is 10.9 Å². The van der Waals surface area contributed by atoms with Crippen molar-refractivity contribution in [3.63, 3.8) is 0 Å². The molecule has 3 heterocycles. The van der Waals surface area contributed by atoms with Crippen LogP contribution < -0.4 is 5.56 Å². The van der Waals surface area contributed by atoms with E-state index in [0.717, 1.165) is 45.1 Å². The molecule has 3 fully saturated rings. The molecule has 0 radical (unpaired) electrons. The number of amides is 2. The molecule has 1 aliphatic carbocycles. The summed E-state index contributed by atoms with van der Waals surface area (Å²) in [7, 11) is 0. The summed E-state index contributed by atoms with van der Waals surface area (Å²) >= 11 is 0. The van der Waals surface area contributed by atoms with Crippen molar-refractivity contribution >= 4 is 22.7 Å². The molecule has 2 aromatic rings. The Balaban J connectivity index is 1.33. The molecule has 0 N–H and O–H groups in total. The molecule has 1 unspecified atom stereocenters. The van der Waals surface area contributed by atoms with Gasteiger partial charge in [-0.3, -0.25) is 19.0 Å². The van der Waals surface area contributed by atoms with Crippen molar-refractivity contribution in [2.24, 2.45) is 0 Å². The van der Waals surface area contributed by atoms with E-state index < -0.39 is 5.54 Å². The largest absolute Gasteiger partial charge is 0.338 e. The summed E-state index contributed by atoms with van der Waals surface area (Å²) in [4.78, 5) is 47.3. The lowest BCUT2D eigenvalue weighted by Gasteiger charge is -2.44. The molecule has 2 amide bonds. The number of carbonyl (C=O) groups excluding carboxylic acids is 2. The van der Waals surface area contributed by atoms with Crippen LogP contribution in [0.5, 0.6) is 0 Å². The summed E-state index contributed by atoms with van der Waals surface area (Å²) in [5, 5.41) is 0.558. The Kier molecular flexibility index (Phi) is 4.41. The molecule has 7 heteroatoms. The molecule has 152 valence electrons. The van der Waals surface area contributed by atoms with Gasteiger partial charge in [0.15, 0.2) is 0 Å². The molecule has 2 aliphatic heterocycles. The molecule has 1 atom stereocenters. The molecule has 5 rings (SSSR count).